The Bertz CT molecular complexity index is 779. The van der Waals surface area contributed by atoms with Gasteiger partial charge in [-0.15, -0.1) is 0 Å². The highest BCUT2D eigenvalue weighted by molar-refractivity contribution is 7.51. The second-order valence-electron chi connectivity index (χ2n) is 9.65. The van der Waals surface area contributed by atoms with E-state index in [0.717, 1.165) is 0 Å². The van der Waals surface area contributed by atoms with E-state index >= 15 is 0 Å². The molecule has 0 aromatic heterocycles. The van der Waals surface area contributed by atoms with Crippen LogP contribution in [0.3, 0.4) is 0 Å². The van der Waals surface area contributed by atoms with Gasteiger partial charge in [0.25, 0.3) is 0 Å². The van der Waals surface area contributed by atoms with Gasteiger partial charge in [0.2, 0.25) is 0 Å². The number of ether oxygens (including phenoxy) is 5. The molecule has 38 heavy (non-hydrogen) atoms. The van der Waals surface area contributed by atoms with Crippen LogP contribution < -0.4 is 5.09 Å². The second kappa shape index (κ2) is 14.7. The lowest BCUT2D eigenvalue weighted by atomic mass is 9.93. The summed E-state index contributed by atoms with van der Waals surface area (Å²) in [4.78, 5) is 1.87. The summed E-state index contributed by atoms with van der Waals surface area (Å²) >= 11 is 0. The van der Waals surface area contributed by atoms with Crippen LogP contribution >= 0.6 is 7.75 Å². The maximum Gasteiger partial charge on any atom is 0.406 e. The van der Waals surface area contributed by atoms with E-state index in [0.29, 0.717) is 6.54 Å². The highest BCUT2D eigenvalue weighted by Crippen LogP contribution is 2.48. The van der Waals surface area contributed by atoms with E-state index in [1.807, 2.05) is 19.0 Å². The van der Waals surface area contributed by atoms with Gasteiger partial charge in [-0.25, -0.2) is 9.65 Å². The number of aliphatic hydroxyl groups is 4. The van der Waals surface area contributed by atoms with E-state index in [4.69, 9.17) is 56.3 Å². The zero-order chi connectivity index (χ0) is 28.0. The molecule has 3 rings (SSSR count). The first-order chi connectivity index (χ1) is 17.9. The summed E-state index contributed by atoms with van der Waals surface area (Å²) < 4.78 is 52.1. The number of likely N-dealkylation sites (N-methyl/N-ethyl adjacent to an activating group) is 1. The SMILES string of the molecule is [B][C@@H]1O[C@H](COCOC2C(O)[C@H]([B])O[C@@H]2COP(=O)(NCCN(C)C)OC2C[C@H]([B])O[C@@H]2CO)C(O)C1O. The maximum absolute atomic E-state index is 13.6. The highest BCUT2D eigenvalue weighted by atomic mass is 31.2. The quantitative estimate of drug-likeness (QED) is 0.0570. The Morgan fingerprint density at radius 1 is 0.974 bits per heavy atom. The average molecular weight is 560 g/mol. The normalized spacial score (nSPS) is 41.2. The fourth-order valence-electron chi connectivity index (χ4n) is 4.21. The van der Waals surface area contributed by atoms with Gasteiger partial charge in [-0.05, 0) is 20.5 Å². The van der Waals surface area contributed by atoms with Crippen molar-refractivity contribution in [2.24, 2.45) is 0 Å². The first-order valence-electron chi connectivity index (χ1n) is 12.3. The van der Waals surface area contributed by atoms with E-state index in [9.17, 15) is 25.0 Å². The molecule has 0 amide bonds. The van der Waals surface area contributed by atoms with Gasteiger partial charge in [0.15, 0.2) is 0 Å². The minimum atomic E-state index is -3.98. The highest BCUT2D eigenvalue weighted by Gasteiger charge is 2.45. The van der Waals surface area contributed by atoms with Crippen molar-refractivity contribution >= 4 is 31.3 Å². The van der Waals surface area contributed by atoms with Crippen LogP contribution in [-0.4, -0.2) is 170 Å². The van der Waals surface area contributed by atoms with E-state index in [-0.39, 0.29) is 39.6 Å². The van der Waals surface area contributed by atoms with Crippen LogP contribution in [0.1, 0.15) is 6.42 Å². The third-order valence-electron chi connectivity index (χ3n) is 6.35. The molecule has 3 heterocycles. The summed E-state index contributed by atoms with van der Waals surface area (Å²) in [5, 5.41) is 42.3. The lowest BCUT2D eigenvalue weighted by Gasteiger charge is -2.27. The van der Waals surface area contributed by atoms with Gasteiger partial charge in [-0.2, -0.15) is 0 Å². The molecule has 0 aromatic carbocycles. The summed E-state index contributed by atoms with van der Waals surface area (Å²) in [6.45, 7) is -0.434. The van der Waals surface area contributed by atoms with Crippen molar-refractivity contribution in [1.82, 2.24) is 9.99 Å². The van der Waals surface area contributed by atoms with Crippen LogP contribution in [0.4, 0.5) is 0 Å². The van der Waals surface area contributed by atoms with E-state index < -0.39 is 74.6 Å². The first-order valence-corrected chi connectivity index (χ1v) is 13.9. The topological polar surface area (TPSA) is 178 Å². The van der Waals surface area contributed by atoms with Crippen molar-refractivity contribution in [2.45, 2.75) is 73.3 Å². The summed E-state index contributed by atoms with van der Waals surface area (Å²) in [7, 11) is 16.9. The molecule has 212 valence electrons. The molecule has 3 fully saturated rings. The van der Waals surface area contributed by atoms with Crippen molar-refractivity contribution < 1.29 is 57.7 Å². The number of hydrogen-bond acceptors (Lipinski definition) is 13. The Labute approximate surface area is 226 Å². The van der Waals surface area contributed by atoms with Crippen LogP contribution in [0.2, 0.25) is 0 Å². The van der Waals surface area contributed by atoms with Crippen molar-refractivity contribution in [3.8, 4) is 0 Å². The summed E-state index contributed by atoms with van der Waals surface area (Å²) in [6.07, 6.45) is -7.91. The lowest BCUT2D eigenvalue weighted by molar-refractivity contribution is -0.147. The molecular formula is C20H36B3N2O12P. The maximum atomic E-state index is 13.6. The zero-order valence-electron chi connectivity index (χ0n) is 21.5. The van der Waals surface area contributed by atoms with Crippen molar-refractivity contribution in [2.75, 3.05) is 53.8 Å². The zero-order valence-corrected chi connectivity index (χ0v) is 22.4. The number of nitrogens with one attached hydrogen (secondary N) is 1. The molecule has 12 atom stereocenters. The predicted molar refractivity (Wildman–Crippen MR) is 134 cm³/mol. The van der Waals surface area contributed by atoms with Gasteiger partial charge in [0.1, 0.15) is 67.0 Å². The first kappa shape index (κ1) is 32.4. The second-order valence-corrected chi connectivity index (χ2v) is 11.4. The standard InChI is InChI=1S/C20H36B3N2O12P/c1-25(2)4-3-24-38(30,37-10-5-14(21)34-11(10)6-26)33-8-13-18(17(29)20(23)36-13)32-9-31-7-12-15(27)16(28)19(22)35-12/h10-20,26-29H,3-9H2,1-2H3,(H,24,30)/t10?,11-,12-,13-,14-,15?,16?,17?,18?,19-,20-,38?/m1/s1. The molecule has 0 spiro atoms. The Hall–Kier alpha value is -0.0952. The molecular weight excluding hydrogens is 524 g/mol. The third-order valence-corrected chi connectivity index (χ3v) is 8.00. The van der Waals surface area contributed by atoms with E-state index in [1.165, 1.54) is 0 Å². The number of aliphatic hydroxyl groups excluding tert-OH is 4. The molecule has 3 saturated heterocycles. The van der Waals surface area contributed by atoms with Crippen LogP contribution in [0.5, 0.6) is 0 Å². The summed E-state index contributed by atoms with van der Waals surface area (Å²) in [5.74, 6) is 0. The lowest BCUT2D eigenvalue weighted by Crippen LogP contribution is -2.39. The average Bonchev–Trinajstić information content (AvgIpc) is 3.43. The minimum absolute atomic E-state index is 0.140. The number of hydrogen-bond donors (Lipinski definition) is 5. The Morgan fingerprint density at radius 2 is 1.66 bits per heavy atom. The molecule has 0 bridgehead atoms. The fraction of sp³-hybridized carbons (Fsp3) is 1.00. The summed E-state index contributed by atoms with van der Waals surface area (Å²) in [5.41, 5.74) is 0. The number of rotatable bonds is 15. The van der Waals surface area contributed by atoms with Crippen molar-refractivity contribution in [3.05, 3.63) is 0 Å². The van der Waals surface area contributed by atoms with Crippen LogP contribution in [0.15, 0.2) is 0 Å². The molecule has 3 aliphatic rings. The largest absolute Gasteiger partial charge is 0.406 e. The van der Waals surface area contributed by atoms with Crippen molar-refractivity contribution in [3.63, 3.8) is 0 Å². The van der Waals surface area contributed by atoms with E-state index in [2.05, 4.69) is 5.09 Å². The van der Waals surface area contributed by atoms with Crippen LogP contribution in [0.25, 0.3) is 0 Å². The summed E-state index contributed by atoms with van der Waals surface area (Å²) in [6, 6.07) is -2.83. The van der Waals surface area contributed by atoms with Gasteiger partial charge in [-0.3, -0.25) is 9.05 Å². The van der Waals surface area contributed by atoms with Crippen LogP contribution in [0, 0.1) is 0 Å². The molecule has 0 aromatic rings. The molecule has 0 saturated carbocycles. The van der Waals surface area contributed by atoms with Gasteiger partial charge in [-0.1, -0.05) is 0 Å². The van der Waals surface area contributed by atoms with Gasteiger partial charge >= 0.3 is 7.75 Å². The molecule has 14 nitrogen and oxygen atoms in total. The smallest absolute Gasteiger partial charge is 0.394 e. The fourth-order valence-corrected chi connectivity index (χ4v) is 5.73. The van der Waals surface area contributed by atoms with E-state index in [1.54, 1.807) is 0 Å². The van der Waals surface area contributed by atoms with Crippen molar-refractivity contribution in [1.29, 1.82) is 0 Å². The Morgan fingerprint density at radius 3 is 2.29 bits per heavy atom. The Kier molecular flexibility index (Phi) is 12.5. The molecule has 6 unspecified atom stereocenters. The minimum Gasteiger partial charge on any atom is -0.394 e. The Balaban J connectivity index is 1.55. The molecule has 18 heteroatoms. The molecule has 6 radical (unpaired) electrons. The molecule has 5 N–H and O–H groups in total. The van der Waals surface area contributed by atoms with Gasteiger partial charge < -0.3 is 49.0 Å². The predicted octanol–water partition coefficient (Wildman–Crippen LogP) is -3.85. The monoisotopic (exact) mass is 560 g/mol. The van der Waals surface area contributed by atoms with Gasteiger partial charge in [0.05, 0.1) is 32.0 Å². The number of nitrogens with zero attached hydrogens (tertiary/aromatic N) is 1. The third kappa shape index (κ3) is 8.70. The van der Waals surface area contributed by atoms with Crippen LogP contribution in [-0.2, 0) is 37.3 Å². The molecule has 0 aliphatic carbocycles. The molecule has 3 aliphatic heterocycles. The van der Waals surface area contributed by atoms with Gasteiger partial charge in [0, 0.05) is 31.1 Å².